The molecule has 28 heavy (non-hydrogen) atoms. The summed E-state index contributed by atoms with van der Waals surface area (Å²) < 4.78 is 0. The zero-order chi connectivity index (χ0) is 19.9. The molecule has 0 radical (unpaired) electrons. The van der Waals surface area contributed by atoms with Crippen LogP contribution in [-0.4, -0.2) is 28.2 Å². The third kappa shape index (κ3) is 4.96. The summed E-state index contributed by atoms with van der Waals surface area (Å²) in [5, 5.41) is 3.36. The van der Waals surface area contributed by atoms with E-state index in [0.717, 1.165) is 5.56 Å². The Labute approximate surface area is 169 Å². The Morgan fingerprint density at radius 3 is 2.36 bits per heavy atom. The number of hydrogen-bond donors (Lipinski definition) is 1. The smallest absolute Gasteiger partial charge is 0.257 e. The maximum absolute atomic E-state index is 12.9. The Bertz CT molecular complexity index is 959. The van der Waals surface area contributed by atoms with Crippen LogP contribution in [0.25, 0.3) is 0 Å². The van der Waals surface area contributed by atoms with Crippen LogP contribution in [0.1, 0.15) is 33.2 Å². The first-order chi connectivity index (χ1) is 13.6. The van der Waals surface area contributed by atoms with Crippen molar-refractivity contribution in [3.8, 4) is 0 Å². The monoisotopic (exact) mass is 393 g/mol. The Balaban J connectivity index is 1.74. The first-order valence-electron chi connectivity index (χ1n) is 8.92. The van der Waals surface area contributed by atoms with Gasteiger partial charge in [0.2, 0.25) is 0 Å². The standard InChI is InChI=1S/C22H20ClN3O2/c1-2-26(15-16-6-4-3-5-7-16)22(28)18-12-17(13-24-14-18)21(27)25-20-10-8-19(23)9-11-20/h3-14H,2,15H2,1H3,(H,25,27). The summed E-state index contributed by atoms with van der Waals surface area (Å²) in [7, 11) is 0. The number of rotatable bonds is 6. The van der Waals surface area contributed by atoms with Crippen LogP contribution in [0.2, 0.25) is 5.02 Å². The normalized spacial score (nSPS) is 10.4. The lowest BCUT2D eigenvalue weighted by atomic mass is 10.1. The second-order valence-corrected chi connectivity index (χ2v) is 6.66. The van der Waals surface area contributed by atoms with Crippen molar-refractivity contribution in [3.63, 3.8) is 0 Å². The maximum atomic E-state index is 12.9. The minimum absolute atomic E-state index is 0.167. The fraction of sp³-hybridized carbons (Fsp3) is 0.136. The number of hydrogen-bond acceptors (Lipinski definition) is 3. The van der Waals surface area contributed by atoms with Crippen molar-refractivity contribution in [2.75, 3.05) is 11.9 Å². The second-order valence-electron chi connectivity index (χ2n) is 6.23. The van der Waals surface area contributed by atoms with E-state index < -0.39 is 0 Å². The van der Waals surface area contributed by atoms with E-state index >= 15 is 0 Å². The molecule has 2 amide bonds. The Kier molecular flexibility index (Phi) is 6.40. The molecule has 3 aromatic rings. The van der Waals surface area contributed by atoms with Gasteiger partial charge in [-0.15, -0.1) is 0 Å². The highest BCUT2D eigenvalue weighted by atomic mass is 35.5. The number of halogens is 1. The maximum Gasteiger partial charge on any atom is 0.257 e. The summed E-state index contributed by atoms with van der Waals surface area (Å²) in [6.07, 6.45) is 2.92. The molecular weight excluding hydrogens is 374 g/mol. The molecule has 0 fully saturated rings. The first-order valence-corrected chi connectivity index (χ1v) is 9.30. The van der Waals surface area contributed by atoms with E-state index in [1.807, 2.05) is 37.3 Å². The summed E-state index contributed by atoms with van der Waals surface area (Å²) in [5.41, 5.74) is 2.35. The van der Waals surface area contributed by atoms with Gasteiger partial charge in [0.1, 0.15) is 0 Å². The lowest BCUT2D eigenvalue weighted by Gasteiger charge is -2.21. The molecule has 0 aliphatic carbocycles. The Hall–Kier alpha value is -3.18. The minimum Gasteiger partial charge on any atom is -0.335 e. The van der Waals surface area contributed by atoms with Gasteiger partial charge in [-0.1, -0.05) is 41.9 Å². The summed E-state index contributed by atoms with van der Waals surface area (Å²) in [4.78, 5) is 31.2. The van der Waals surface area contributed by atoms with Crippen LogP contribution in [-0.2, 0) is 6.54 Å². The molecular formula is C22H20ClN3O2. The van der Waals surface area contributed by atoms with E-state index in [1.165, 1.54) is 12.4 Å². The number of anilines is 1. The molecule has 0 bridgehead atoms. The van der Waals surface area contributed by atoms with Crippen LogP contribution in [0.3, 0.4) is 0 Å². The van der Waals surface area contributed by atoms with Crippen LogP contribution in [0.5, 0.6) is 0 Å². The summed E-state index contributed by atoms with van der Waals surface area (Å²) in [6.45, 7) is 2.97. The number of carbonyl (C=O) groups excluding carboxylic acids is 2. The molecule has 5 nitrogen and oxygen atoms in total. The van der Waals surface area contributed by atoms with Crippen molar-refractivity contribution in [1.29, 1.82) is 0 Å². The molecule has 1 heterocycles. The topological polar surface area (TPSA) is 62.3 Å². The molecule has 3 rings (SSSR count). The lowest BCUT2D eigenvalue weighted by molar-refractivity contribution is 0.0752. The third-order valence-corrected chi connectivity index (χ3v) is 4.49. The van der Waals surface area contributed by atoms with Crippen LogP contribution in [0.15, 0.2) is 73.1 Å². The van der Waals surface area contributed by atoms with E-state index in [0.29, 0.717) is 34.9 Å². The molecule has 0 saturated heterocycles. The summed E-state index contributed by atoms with van der Waals surface area (Å²) in [6, 6.07) is 18.1. The highest BCUT2D eigenvalue weighted by Crippen LogP contribution is 2.15. The summed E-state index contributed by atoms with van der Waals surface area (Å²) in [5.74, 6) is -0.504. The number of benzene rings is 2. The van der Waals surface area contributed by atoms with Gasteiger partial charge >= 0.3 is 0 Å². The van der Waals surface area contributed by atoms with Gasteiger partial charge in [0, 0.05) is 36.2 Å². The van der Waals surface area contributed by atoms with Crippen molar-refractivity contribution in [2.24, 2.45) is 0 Å². The van der Waals surface area contributed by atoms with Crippen LogP contribution in [0, 0.1) is 0 Å². The predicted molar refractivity (Wildman–Crippen MR) is 110 cm³/mol. The average Bonchev–Trinajstić information content (AvgIpc) is 2.74. The number of pyridine rings is 1. The van der Waals surface area contributed by atoms with Gasteiger partial charge in [-0.2, -0.15) is 0 Å². The zero-order valence-corrected chi connectivity index (χ0v) is 16.2. The van der Waals surface area contributed by atoms with E-state index in [1.54, 1.807) is 35.2 Å². The number of nitrogens with zero attached hydrogens (tertiary/aromatic N) is 2. The van der Waals surface area contributed by atoms with Crippen molar-refractivity contribution < 1.29 is 9.59 Å². The van der Waals surface area contributed by atoms with E-state index in [2.05, 4.69) is 10.3 Å². The van der Waals surface area contributed by atoms with Gasteiger partial charge in [0.05, 0.1) is 11.1 Å². The van der Waals surface area contributed by atoms with E-state index in [9.17, 15) is 9.59 Å². The Morgan fingerprint density at radius 2 is 1.68 bits per heavy atom. The molecule has 0 aliphatic heterocycles. The van der Waals surface area contributed by atoms with Crippen LogP contribution < -0.4 is 5.32 Å². The van der Waals surface area contributed by atoms with Gasteiger partial charge in [-0.25, -0.2) is 0 Å². The van der Waals surface area contributed by atoms with E-state index in [-0.39, 0.29) is 11.8 Å². The zero-order valence-electron chi connectivity index (χ0n) is 15.4. The molecule has 0 saturated carbocycles. The molecule has 142 valence electrons. The number of nitrogens with one attached hydrogen (secondary N) is 1. The Morgan fingerprint density at radius 1 is 1.00 bits per heavy atom. The number of aromatic nitrogens is 1. The third-order valence-electron chi connectivity index (χ3n) is 4.23. The van der Waals surface area contributed by atoms with Gasteiger partial charge in [-0.05, 0) is 42.8 Å². The van der Waals surface area contributed by atoms with Gasteiger partial charge in [-0.3, -0.25) is 14.6 Å². The molecule has 1 aromatic heterocycles. The van der Waals surface area contributed by atoms with Gasteiger partial charge in [0.25, 0.3) is 11.8 Å². The highest BCUT2D eigenvalue weighted by Gasteiger charge is 2.17. The number of carbonyl (C=O) groups is 2. The average molecular weight is 394 g/mol. The SMILES string of the molecule is CCN(Cc1ccccc1)C(=O)c1cncc(C(=O)Nc2ccc(Cl)cc2)c1. The van der Waals surface area contributed by atoms with Gasteiger partial charge in [0.15, 0.2) is 0 Å². The predicted octanol–water partition coefficient (Wildman–Crippen LogP) is 4.65. The van der Waals surface area contributed by atoms with Crippen LogP contribution >= 0.6 is 11.6 Å². The van der Waals surface area contributed by atoms with E-state index in [4.69, 9.17) is 11.6 Å². The van der Waals surface area contributed by atoms with Crippen molar-refractivity contribution in [3.05, 3.63) is 94.8 Å². The van der Waals surface area contributed by atoms with Gasteiger partial charge < -0.3 is 10.2 Å². The highest BCUT2D eigenvalue weighted by molar-refractivity contribution is 6.30. The molecule has 0 unspecified atom stereocenters. The van der Waals surface area contributed by atoms with Crippen molar-refractivity contribution in [1.82, 2.24) is 9.88 Å². The fourth-order valence-corrected chi connectivity index (χ4v) is 2.86. The fourth-order valence-electron chi connectivity index (χ4n) is 2.73. The lowest BCUT2D eigenvalue weighted by Crippen LogP contribution is -2.30. The first kappa shape index (κ1) is 19.6. The summed E-state index contributed by atoms with van der Waals surface area (Å²) >= 11 is 5.86. The largest absolute Gasteiger partial charge is 0.335 e. The van der Waals surface area contributed by atoms with Crippen LogP contribution in [0.4, 0.5) is 5.69 Å². The quantitative estimate of drug-likeness (QED) is 0.663. The molecule has 2 aromatic carbocycles. The molecule has 0 aliphatic rings. The molecule has 1 N–H and O–H groups in total. The molecule has 0 spiro atoms. The molecule has 0 atom stereocenters. The van der Waals surface area contributed by atoms with Crippen molar-refractivity contribution >= 4 is 29.1 Å². The van der Waals surface area contributed by atoms with Crippen molar-refractivity contribution in [2.45, 2.75) is 13.5 Å². The second kappa shape index (κ2) is 9.15. The molecule has 6 heteroatoms. The number of amides is 2. The minimum atomic E-state index is -0.337.